The number of ether oxygens (including phenoxy) is 2. The Hall–Kier alpha value is -3.23. The van der Waals surface area contributed by atoms with Crippen LogP contribution in [-0.2, 0) is 4.79 Å². The van der Waals surface area contributed by atoms with Gasteiger partial charge in [-0.25, -0.2) is 0 Å². The van der Waals surface area contributed by atoms with Gasteiger partial charge in [0.05, 0.1) is 19.9 Å². The zero-order chi connectivity index (χ0) is 22.9. The van der Waals surface area contributed by atoms with E-state index in [4.69, 9.17) is 9.47 Å². The van der Waals surface area contributed by atoms with E-state index in [9.17, 15) is 9.59 Å². The molecule has 3 rings (SSSR count). The Bertz CT molecular complexity index is 1110. The summed E-state index contributed by atoms with van der Waals surface area (Å²) in [5.74, 6) is 0.984. The lowest BCUT2D eigenvalue weighted by molar-refractivity contribution is -0.113. The maximum atomic E-state index is 13.1. The summed E-state index contributed by atoms with van der Waals surface area (Å²) >= 11 is 3.11. The molecule has 0 saturated heterocycles. The molecule has 0 saturated carbocycles. The first-order valence-corrected chi connectivity index (χ1v) is 11.7. The topological polar surface area (TPSA) is 76.7 Å². The molecular weight excluding hydrogens is 444 g/mol. The highest BCUT2D eigenvalue weighted by molar-refractivity contribution is 7.99. The molecule has 1 aromatic heterocycles. The predicted octanol–water partition coefficient (Wildman–Crippen LogP) is 5.29. The maximum Gasteiger partial charge on any atom is 0.272 e. The van der Waals surface area contributed by atoms with Crippen molar-refractivity contribution in [3.8, 4) is 11.5 Å². The van der Waals surface area contributed by atoms with Crippen molar-refractivity contribution >= 4 is 46.7 Å². The molecule has 2 N–H and O–H groups in total. The molecule has 3 aromatic rings. The molecule has 0 bridgehead atoms. The first-order valence-electron chi connectivity index (χ1n) is 9.87. The second-order valence-electron chi connectivity index (χ2n) is 6.48. The summed E-state index contributed by atoms with van der Waals surface area (Å²) < 4.78 is 10.5. The molecule has 1 heterocycles. The van der Waals surface area contributed by atoms with Crippen molar-refractivity contribution in [2.24, 2.45) is 0 Å². The highest BCUT2D eigenvalue weighted by Gasteiger charge is 2.18. The van der Waals surface area contributed by atoms with Gasteiger partial charge in [0.15, 0.2) is 11.5 Å². The van der Waals surface area contributed by atoms with Gasteiger partial charge in [0.1, 0.15) is 5.70 Å². The van der Waals surface area contributed by atoms with Gasteiger partial charge in [-0.15, -0.1) is 23.1 Å². The minimum atomic E-state index is -0.430. The fourth-order valence-electron chi connectivity index (χ4n) is 2.89. The molecule has 8 heteroatoms. The highest BCUT2D eigenvalue weighted by Crippen LogP contribution is 2.28. The Kier molecular flexibility index (Phi) is 8.35. The maximum absolute atomic E-state index is 13.1. The van der Waals surface area contributed by atoms with E-state index in [1.165, 1.54) is 25.6 Å². The molecule has 0 aliphatic heterocycles. The number of anilines is 1. The molecule has 0 spiro atoms. The monoisotopic (exact) mass is 468 g/mol. The zero-order valence-corrected chi connectivity index (χ0v) is 19.6. The number of amides is 2. The lowest BCUT2D eigenvalue weighted by Gasteiger charge is -2.14. The van der Waals surface area contributed by atoms with Gasteiger partial charge in [-0.05, 0) is 53.6 Å². The standard InChI is InChI=1S/C24H24N2O4S2/c1-4-31-22-10-6-5-9-18(22)25-24(28)19(15-17-8-7-13-32-17)26-23(27)16-11-12-20(29-2)21(14-16)30-3/h5-15H,4H2,1-3H3,(H,25,28)(H,26,27)/b19-15-. The van der Waals surface area contributed by atoms with Crippen molar-refractivity contribution in [2.45, 2.75) is 11.8 Å². The molecule has 32 heavy (non-hydrogen) atoms. The van der Waals surface area contributed by atoms with Gasteiger partial charge in [0.25, 0.3) is 11.8 Å². The number of thiophene rings is 1. The van der Waals surface area contributed by atoms with Gasteiger partial charge in [0.2, 0.25) is 0 Å². The minimum Gasteiger partial charge on any atom is -0.493 e. The smallest absolute Gasteiger partial charge is 0.272 e. The Balaban J connectivity index is 1.87. The molecule has 166 valence electrons. The number of hydrogen-bond acceptors (Lipinski definition) is 6. The van der Waals surface area contributed by atoms with Crippen LogP contribution in [0.5, 0.6) is 11.5 Å². The molecular formula is C24H24N2O4S2. The summed E-state index contributed by atoms with van der Waals surface area (Å²) in [6.45, 7) is 2.05. The van der Waals surface area contributed by atoms with Crippen LogP contribution in [0.2, 0.25) is 0 Å². The van der Waals surface area contributed by atoms with Crippen molar-refractivity contribution in [1.82, 2.24) is 5.32 Å². The van der Waals surface area contributed by atoms with E-state index in [1.54, 1.807) is 36.0 Å². The number of hydrogen-bond donors (Lipinski definition) is 2. The fourth-order valence-corrected chi connectivity index (χ4v) is 4.30. The number of benzene rings is 2. The van der Waals surface area contributed by atoms with Crippen LogP contribution in [0.15, 0.2) is 70.6 Å². The molecule has 0 aliphatic rings. The minimum absolute atomic E-state index is 0.142. The molecule has 2 amide bonds. The SMILES string of the molecule is CCSc1ccccc1NC(=O)/C(=C/c1cccs1)NC(=O)c1ccc(OC)c(OC)c1. The van der Waals surface area contributed by atoms with E-state index in [0.717, 1.165) is 15.5 Å². The quantitative estimate of drug-likeness (QED) is 0.330. The molecule has 0 aliphatic carbocycles. The number of methoxy groups -OCH3 is 2. The Labute approximate surface area is 195 Å². The first kappa shape index (κ1) is 23.4. The van der Waals surface area contributed by atoms with E-state index in [1.807, 2.05) is 41.8 Å². The third-order valence-corrected chi connectivity index (χ3v) is 6.18. The molecule has 0 radical (unpaired) electrons. The average molecular weight is 469 g/mol. The van der Waals surface area contributed by atoms with Gasteiger partial charge >= 0.3 is 0 Å². The number of thioether (sulfide) groups is 1. The predicted molar refractivity (Wildman–Crippen MR) is 131 cm³/mol. The van der Waals surface area contributed by atoms with Gasteiger partial charge in [-0.1, -0.05) is 25.1 Å². The largest absolute Gasteiger partial charge is 0.493 e. The third kappa shape index (κ3) is 5.93. The summed E-state index contributed by atoms with van der Waals surface area (Å²) in [7, 11) is 3.03. The number of nitrogens with one attached hydrogen (secondary N) is 2. The lowest BCUT2D eigenvalue weighted by Crippen LogP contribution is -2.30. The van der Waals surface area contributed by atoms with Crippen molar-refractivity contribution < 1.29 is 19.1 Å². The van der Waals surface area contributed by atoms with Gasteiger partial charge in [-0.3, -0.25) is 9.59 Å². The number of carbonyl (C=O) groups is 2. The summed E-state index contributed by atoms with van der Waals surface area (Å²) in [4.78, 5) is 27.9. The van der Waals surface area contributed by atoms with E-state index in [0.29, 0.717) is 22.7 Å². The molecule has 6 nitrogen and oxygen atoms in total. The lowest BCUT2D eigenvalue weighted by atomic mass is 10.1. The van der Waals surface area contributed by atoms with Crippen LogP contribution in [0.1, 0.15) is 22.2 Å². The number of para-hydroxylation sites is 1. The van der Waals surface area contributed by atoms with Crippen LogP contribution in [0, 0.1) is 0 Å². The Morgan fingerprint density at radius 1 is 1.03 bits per heavy atom. The van der Waals surface area contributed by atoms with Crippen LogP contribution in [0.4, 0.5) is 5.69 Å². The van der Waals surface area contributed by atoms with Gasteiger partial charge in [0, 0.05) is 15.3 Å². The van der Waals surface area contributed by atoms with Crippen LogP contribution in [0.3, 0.4) is 0 Å². The highest BCUT2D eigenvalue weighted by atomic mass is 32.2. The molecule has 0 atom stereocenters. The molecule has 0 fully saturated rings. The fraction of sp³-hybridized carbons (Fsp3) is 0.167. The van der Waals surface area contributed by atoms with Crippen molar-refractivity contribution in [3.05, 3.63) is 76.1 Å². The normalized spacial score (nSPS) is 11.0. The van der Waals surface area contributed by atoms with Crippen LogP contribution in [-0.4, -0.2) is 31.8 Å². The van der Waals surface area contributed by atoms with Crippen LogP contribution < -0.4 is 20.1 Å². The summed E-state index contributed by atoms with van der Waals surface area (Å²) in [6, 6.07) is 16.2. The number of carbonyl (C=O) groups excluding carboxylic acids is 2. The zero-order valence-electron chi connectivity index (χ0n) is 18.0. The Morgan fingerprint density at radius 3 is 2.50 bits per heavy atom. The molecule has 2 aromatic carbocycles. The van der Waals surface area contributed by atoms with Gasteiger partial charge < -0.3 is 20.1 Å². The average Bonchev–Trinajstić information content (AvgIpc) is 3.32. The first-order chi connectivity index (χ1) is 15.5. The summed E-state index contributed by atoms with van der Waals surface area (Å²) in [5, 5.41) is 7.58. The number of rotatable bonds is 9. The van der Waals surface area contributed by atoms with Crippen molar-refractivity contribution in [2.75, 3.05) is 25.3 Å². The second kappa shape index (κ2) is 11.4. The summed E-state index contributed by atoms with van der Waals surface area (Å²) in [5.41, 5.74) is 1.18. The second-order valence-corrected chi connectivity index (χ2v) is 8.77. The van der Waals surface area contributed by atoms with E-state index in [2.05, 4.69) is 17.6 Å². The van der Waals surface area contributed by atoms with Crippen LogP contribution in [0.25, 0.3) is 6.08 Å². The van der Waals surface area contributed by atoms with Crippen molar-refractivity contribution in [1.29, 1.82) is 0 Å². The van der Waals surface area contributed by atoms with E-state index < -0.39 is 11.8 Å². The van der Waals surface area contributed by atoms with E-state index >= 15 is 0 Å². The van der Waals surface area contributed by atoms with E-state index in [-0.39, 0.29) is 5.70 Å². The molecule has 0 unspecified atom stereocenters. The summed E-state index contributed by atoms with van der Waals surface area (Å²) in [6.07, 6.45) is 1.66. The van der Waals surface area contributed by atoms with Crippen LogP contribution >= 0.6 is 23.1 Å². The van der Waals surface area contributed by atoms with Crippen molar-refractivity contribution in [3.63, 3.8) is 0 Å². The Morgan fingerprint density at radius 2 is 1.81 bits per heavy atom. The van der Waals surface area contributed by atoms with Gasteiger partial charge in [-0.2, -0.15) is 0 Å². The third-order valence-electron chi connectivity index (χ3n) is 4.40.